The number of rotatable bonds is 8. The Morgan fingerprint density at radius 2 is 2.04 bits per heavy atom. The fourth-order valence-electron chi connectivity index (χ4n) is 2.88. The van der Waals surface area contributed by atoms with Crippen molar-refractivity contribution in [1.82, 2.24) is 15.3 Å². The van der Waals surface area contributed by atoms with E-state index in [4.69, 9.17) is 4.74 Å². The number of nitrogens with zero attached hydrogens (tertiary/aromatic N) is 3. The SMILES string of the molecule is CN(C)c1ccnc(NCCCNCC2CCc3ccccc3O2)n1.Cl. The maximum absolute atomic E-state index is 6.04. The molecule has 0 bridgehead atoms. The normalized spacial score (nSPS) is 15.4. The lowest BCUT2D eigenvalue weighted by Crippen LogP contribution is -2.35. The zero-order chi connectivity index (χ0) is 17.5. The summed E-state index contributed by atoms with van der Waals surface area (Å²) in [6, 6.07) is 10.2. The van der Waals surface area contributed by atoms with Crippen molar-refractivity contribution in [3.05, 3.63) is 42.1 Å². The first-order valence-corrected chi connectivity index (χ1v) is 8.92. The van der Waals surface area contributed by atoms with Crippen molar-refractivity contribution in [3.63, 3.8) is 0 Å². The highest BCUT2D eigenvalue weighted by molar-refractivity contribution is 5.85. The van der Waals surface area contributed by atoms with Crippen molar-refractivity contribution in [2.45, 2.75) is 25.4 Å². The van der Waals surface area contributed by atoms with Gasteiger partial charge >= 0.3 is 0 Å². The van der Waals surface area contributed by atoms with Crippen molar-refractivity contribution in [2.75, 3.05) is 43.9 Å². The molecule has 26 heavy (non-hydrogen) atoms. The third-order valence-corrected chi connectivity index (χ3v) is 4.29. The second-order valence-corrected chi connectivity index (χ2v) is 6.50. The number of anilines is 2. The monoisotopic (exact) mass is 377 g/mol. The Kier molecular flexibility index (Phi) is 7.94. The molecule has 1 aromatic heterocycles. The highest BCUT2D eigenvalue weighted by atomic mass is 35.5. The minimum Gasteiger partial charge on any atom is -0.489 e. The van der Waals surface area contributed by atoms with Crippen LogP contribution in [0, 0.1) is 0 Å². The van der Waals surface area contributed by atoms with Gasteiger partial charge in [-0.05, 0) is 43.5 Å². The van der Waals surface area contributed by atoms with Gasteiger partial charge in [0.15, 0.2) is 0 Å². The van der Waals surface area contributed by atoms with Crippen molar-refractivity contribution in [2.24, 2.45) is 0 Å². The fraction of sp³-hybridized carbons (Fsp3) is 0.474. The van der Waals surface area contributed by atoms with Crippen molar-refractivity contribution >= 4 is 24.2 Å². The van der Waals surface area contributed by atoms with Crippen LogP contribution in [0.3, 0.4) is 0 Å². The molecule has 0 saturated carbocycles. The average Bonchev–Trinajstić information content (AvgIpc) is 2.64. The van der Waals surface area contributed by atoms with Gasteiger partial charge < -0.3 is 20.3 Å². The van der Waals surface area contributed by atoms with E-state index in [0.29, 0.717) is 5.95 Å². The number of nitrogens with one attached hydrogen (secondary N) is 2. The first kappa shape index (κ1) is 20.3. The molecular weight excluding hydrogens is 350 g/mol. The van der Waals surface area contributed by atoms with Gasteiger partial charge in [0.25, 0.3) is 0 Å². The standard InChI is InChI=1S/C19H27N5O.ClH/c1-24(2)18-10-13-22-19(23-18)21-12-5-11-20-14-16-9-8-15-6-3-4-7-17(15)25-16;/h3-4,6-7,10,13,16,20H,5,8-9,11-12,14H2,1-2H3,(H,21,22,23);1H. The van der Waals surface area contributed by atoms with Crippen LogP contribution in [0.4, 0.5) is 11.8 Å². The lowest BCUT2D eigenvalue weighted by atomic mass is 10.0. The second-order valence-electron chi connectivity index (χ2n) is 6.50. The summed E-state index contributed by atoms with van der Waals surface area (Å²) in [5.74, 6) is 2.63. The average molecular weight is 378 g/mol. The van der Waals surface area contributed by atoms with E-state index >= 15 is 0 Å². The van der Waals surface area contributed by atoms with E-state index in [0.717, 1.165) is 50.5 Å². The molecule has 142 valence electrons. The van der Waals surface area contributed by atoms with Crippen molar-refractivity contribution in [1.29, 1.82) is 0 Å². The van der Waals surface area contributed by atoms with E-state index in [1.165, 1.54) is 5.56 Å². The van der Waals surface area contributed by atoms with Crippen LogP contribution in [-0.4, -0.2) is 49.8 Å². The summed E-state index contributed by atoms with van der Waals surface area (Å²) in [5, 5.41) is 6.76. The predicted molar refractivity (Wildman–Crippen MR) is 109 cm³/mol. The summed E-state index contributed by atoms with van der Waals surface area (Å²) in [4.78, 5) is 10.7. The van der Waals surface area contributed by atoms with Crippen LogP contribution in [0.25, 0.3) is 0 Å². The highest BCUT2D eigenvalue weighted by Crippen LogP contribution is 2.26. The number of ether oxygens (including phenoxy) is 1. The maximum atomic E-state index is 6.04. The Morgan fingerprint density at radius 3 is 2.88 bits per heavy atom. The van der Waals surface area contributed by atoms with Crippen molar-refractivity contribution < 1.29 is 4.74 Å². The number of aryl methyl sites for hydroxylation is 1. The molecule has 0 saturated heterocycles. The Balaban J connectivity index is 0.00000243. The van der Waals surface area contributed by atoms with Crippen LogP contribution in [0.2, 0.25) is 0 Å². The number of hydrogen-bond donors (Lipinski definition) is 2. The Hall–Kier alpha value is -2.05. The van der Waals surface area contributed by atoms with E-state index < -0.39 is 0 Å². The Bertz CT molecular complexity index is 682. The molecule has 2 aromatic rings. The van der Waals surface area contributed by atoms with Gasteiger partial charge in [0, 0.05) is 33.4 Å². The van der Waals surface area contributed by atoms with E-state index in [1.807, 2.05) is 31.1 Å². The number of halogens is 1. The van der Waals surface area contributed by atoms with Gasteiger partial charge in [-0.3, -0.25) is 0 Å². The molecule has 2 N–H and O–H groups in total. The van der Waals surface area contributed by atoms with Gasteiger partial charge in [0.05, 0.1) is 0 Å². The molecule has 0 radical (unpaired) electrons. The molecule has 0 fully saturated rings. The molecular formula is C19H28ClN5O. The molecule has 7 heteroatoms. The Morgan fingerprint density at radius 1 is 1.19 bits per heavy atom. The molecule has 1 aliphatic heterocycles. The molecule has 6 nitrogen and oxygen atoms in total. The first-order chi connectivity index (χ1) is 12.2. The topological polar surface area (TPSA) is 62.3 Å². The van der Waals surface area contributed by atoms with E-state index in [1.54, 1.807) is 6.20 Å². The van der Waals surface area contributed by atoms with Gasteiger partial charge in [0.2, 0.25) is 5.95 Å². The summed E-state index contributed by atoms with van der Waals surface area (Å²) in [5.41, 5.74) is 1.32. The zero-order valence-corrected chi connectivity index (χ0v) is 16.3. The second kappa shape index (κ2) is 10.2. The minimum absolute atomic E-state index is 0. The van der Waals surface area contributed by atoms with Gasteiger partial charge in [-0.15, -0.1) is 12.4 Å². The quantitative estimate of drug-likeness (QED) is 0.690. The summed E-state index contributed by atoms with van der Waals surface area (Å²) >= 11 is 0. The number of aromatic nitrogens is 2. The number of hydrogen-bond acceptors (Lipinski definition) is 6. The minimum atomic E-state index is 0. The molecule has 3 rings (SSSR count). The zero-order valence-electron chi connectivity index (χ0n) is 15.4. The molecule has 0 amide bonds. The van der Waals surface area contributed by atoms with Crippen molar-refractivity contribution in [3.8, 4) is 5.75 Å². The van der Waals surface area contributed by atoms with Crippen LogP contribution in [-0.2, 0) is 6.42 Å². The summed E-state index contributed by atoms with van der Waals surface area (Å²) in [6.45, 7) is 2.68. The fourth-order valence-corrected chi connectivity index (χ4v) is 2.88. The molecule has 1 aromatic carbocycles. The smallest absolute Gasteiger partial charge is 0.224 e. The molecule has 1 aliphatic rings. The molecule has 0 aliphatic carbocycles. The van der Waals surface area contributed by atoms with Crippen LogP contribution in [0.1, 0.15) is 18.4 Å². The predicted octanol–water partition coefficient (Wildman–Crippen LogP) is 2.75. The van der Waals surface area contributed by atoms with E-state index in [9.17, 15) is 0 Å². The molecule has 2 heterocycles. The number of para-hydroxylation sites is 1. The number of fused-ring (bicyclic) bond motifs is 1. The van der Waals surface area contributed by atoms with E-state index in [2.05, 4.69) is 38.8 Å². The number of benzene rings is 1. The summed E-state index contributed by atoms with van der Waals surface area (Å²) in [6.07, 6.45) is 5.24. The van der Waals surface area contributed by atoms with Crippen LogP contribution in [0.5, 0.6) is 5.75 Å². The van der Waals surface area contributed by atoms with Gasteiger partial charge in [-0.2, -0.15) is 4.98 Å². The van der Waals surface area contributed by atoms with E-state index in [-0.39, 0.29) is 18.5 Å². The third kappa shape index (κ3) is 5.75. The Labute approximate surface area is 161 Å². The highest BCUT2D eigenvalue weighted by Gasteiger charge is 2.18. The van der Waals surface area contributed by atoms with Crippen LogP contribution < -0.4 is 20.3 Å². The summed E-state index contributed by atoms with van der Waals surface area (Å²) < 4.78 is 6.04. The largest absolute Gasteiger partial charge is 0.489 e. The first-order valence-electron chi connectivity index (χ1n) is 8.92. The lowest BCUT2D eigenvalue weighted by Gasteiger charge is -2.26. The molecule has 0 spiro atoms. The van der Waals surface area contributed by atoms with Crippen LogP contribution in [0.15, 0.2) is 36.5 Å². The van der Waals surface area contributed by atoms with Crippen LogP contribution >= 0.6 is 12.4 Å². The molecule has 1 atom stereocenters. The third-order valence-electron chi connectivity index (χ3n) is 4.29. The van der Waals surface area contributed by atoms with Gasteiger partial charge in [-0.25, -0.2) is 4.98 Å². The lowest BCUT2D eigenvalue weighted by molar-refractivity contribution is 0.171. The summed E-state index contributed by atoms with van der Waals surface area (Å²) in [7, 11) is 3.95. The van der Waals surface area contributed by atoms with Gasteiger partial charge in [-0.1, -0.05) is 18.2 Å². The molecule has 1 unspecified atom stereocenters. The van der Waals surface area contributed by atoms with Gasteiger partial charge in [0.1, 0.15) is 17.7 Å². The maximum Gasteiger partial charge on any atom is 0.224 e.